The zero-order valence-corrected chi connectivity index (χ0v) is 11.9. The van der Waals surface area contributed by atoms with E-state index in [0.29, 0.717) is 6.61 Å². The average Bonchev–Trinajstić information content (AvgIpc) is 2.86. The summed E-state index contributed by atoms with van der Waals surface area (Å²) in [6.45, 7) is 3.51. The molecule has 1 amide bonds. The number of anilines is 2. The lowest BCUT2D eigenvalue weighted by atomic mass is 10.2. The molecule has 0 saturated carbocycles. The van der Waals surface area contributed by atoms with Gasteiger partial charge in [-0.05, 0) is 38.0 Å². The summed E-state index contributed by atoms with van der Waals surface area (Å²) < 4.78 is 6.31. The molecule has 0 aromatic heterocycles. The Labute approximate surface area is 115 Å². The van der Waals surface area contributed by atoms with Gasteiger partial charge < -0.3 is 15.4 Å². The SMILES string of the molecule is CCNc1ccc(Br)cc1NC(=O)C1CCCO1. The van der Waals surface area contributed by atoms with Gasteiger partial charge in [-0.15, -0.1) is 0 Å². The fourth-order valence-corrected chi connectivity index (χ4v) is 2.32. The Morgan fingerprint density at radius 1 is 1.50 bits per heavy atom. The second kappa shape index (κ2) is 6.20. The van der Waals surface area contributed by atoms with Crippen LogP contribution in [0.25, 0.3) is 0 Å². The number of benzene rings is 1. The Hall–Kier alpha value is -1.07. The van der Waals surface area contributed by atoms with E-state index in [9.17, 15) is 4.79 Å². The minimum Gasteiger partial charge on any atom is -0.384 e. The van der Waals surface area contributed by atoms with Crippen molar-refractivity contribution in [2.45, 2.75) is 25.9 Å². The van der Waals surface area contributed by atoms with E-state index >= 15 is 0 Å². The number of carbonyl (C=O) groups is 1. The largest absolute Gasteiger partial charge is 0.384 e. The molecule has 1 unspecified atom stereocenters. The van der Waals surface area contributed by atoms with Gasteiger partial charge in [-0.25, -0.2) is 0 Å². The molecule has 0 aliphatic carbocycles. The van der Waals surface area contributed by atoms with Gasteiger partial charge in [-0.1, -0.05) is 15.9 Å². The molecule has 0 radical (unpaired) electrons. The van der Waals surface area contributed by atoms with E-state index in [1.165, 1.54) is 0 Å². The smallest absolute Gasteiger partial charge is 0.253 e. The number of ether oxygens (including phenoxy) is 1. The molecule has 98 valence electrons. The van der Waals surface area contributed by atoms with E-state index in [2.05, 4.69) is 26.6 Å². The third kappa shape index (κ3) is 3.23. The maximum atomic E-state index is 12.0. The number of nitrogens with one attached hydrogen (secondary N) is 2. The van der Waals surface area contributed by atoms with Crippen LogP contribution in [0.4, 0.5) is 11.4 Å². The van der Waals surface area contributed by atoms with Crippen LogP contribution < -0.4 is 10.6 Å². The second-order valence-electron chi connectivity index (χ2n) is 4.21. The maximum absolute atomic E-state index is 12.0. The van der Waals surface area contributed by atoms with E-state index in [1.807, 2.05) is 25.1 Å². The highest BCUT2D eigenvalue weighted by atomic mass is 79.9. The Morgan fingerprint density at radius 2 is 2.33 bits per heavy atom. The van der Waals surface area contributed by atoms with E-state index in [4.69, 9.17) is 4.74 Å². The molecule has 0 bridgehead atoms. The van der Waals surface area contributed by atoms with Gasteiger partial charge in [0.05, 0.1) is 11.4 Å². The van der Waals surface area contributed by atoms with Crippen molar-refractivity contribution < 1.29 is 9.53 Å². The van der Waals surface area contributed by atoms with Crippen molar-refractivity contribution in [3.63, 3.8) is 0 Å². The molecule has 1 aromatic carbocycles. The van der Waals surface area contributed by atoms with Crippen molar-refractivity contribution in [2.24, 2.45) is 0 Å². The van der Waals surface area contributed by atoms with Crippen LogP contribution in [-0.4, -0.2) is 25.2 Å². The highest BCUT2D eigenvalue weighted by molar-refractivity contribution is 9.10. The topological polar surface area (TPSA) is 50.4 Å². The van der Waals surface area contributed by atoms with Crippen LogP contribution in [-0.2, 0) is 9.53 Å². The van der Waals surface area contributed by atoms with Crippen LogP contribution in [0.2, 0.25) is 0 Å². The first-order valence-corrected chi connectivity index (χ1v) is 6.96. The lowest BCUT2D eigenvalue weighted by Crippen LogP contribution is -2.27. The first-order chi connectivity index (χ1) is 8.70. The van der Waals surface area contributed by atoms with E-state index in [1.54, 1.807) is 0 Å². The molecule has 5 heteroatoms. The van der Waals surface area contributed by atoms with Gasteiger partial charge in [0, 0.05) is 17.6 Å². The molecule has 1 atom stereocenters. The summed E-state index contributed by atoms with van der Waals surface area (Å²) in [4.78, 5) is 12.0. The molecule has 1 fully saturated rings. The molecule has 1 heterocycles. The Balaban J connectivity index is 2.11. The van der Waals surface area contributed by atoms with E-state index in [-0.39, 0.29) is 12.0 Å². The van der Waals surface area contributed by atoms with Gasteiger partial charge >= 0.3 is 0 Å². The molecule has 2 N–H and O–H groups in total. The predicted molar refractivity (Wildman–Crippen MR) is 75.9 cm³/mol. The summed E-state index contributed by atoms with van der Waals surface area (Å²) in [5.74, 6) is -0.0650. The molecule has 18 heavy (non-hydrogen) atoms. The summed E-state index contributed by atoms with van der Waals surface area (Å²) in [6.07, 6.45) is 1.45. The number of rotatable bonds is 4. The zero-order valence-electron chi connectivity index (χ0n) is 10.3. The lowest BCUT2D eigenvalue weighted by Gasteiger charge is -2.15. The van der Waals surface area contributed by atoms with Crippen LogP contribution in [0.5, 0.6) is 0 Å². The molecule has 4 nitrogen and oxygen atoms in total. The third-order valence-electron chi connectivity index (χ3n) is 2.83. The normalized spacial score (nSPS) is 18.7. The highest BCUT2D eigenvalue weighted by Crippen LogP contribution is 2.27. The number of hydrogen-bond acceptors (Lipinski definition) is 3. The quantitative estimate of drug-likeness (QED) is 0.898. The van der Waals surface area contributed by atoms with Crippen molar-refractivity contribution >= 4 is 33.2 Å². The maximum Gasteiger partial charge on any atom is 0.253 e. The minimum atomic E-state index is -0.307. The average molecular weight is 313 g/mol. The standard InChI is InChI=1S/C13H17BrN2O2/c1-2-15-10-6-5-9(14)8-11(10)16-13(17)12-4-3-7-18-12/h5-6,8,12,15H,2-4,7H2,1H3,(H,16,17). The van der Waals surface area contributed by atoms with Crippen LogP contribution in [0.1, 0.15) is 19.8 Å². The van der Waals surface area contributed by atoms with Crippen molar-refractivity contribution in [1.29, 1.82) is 0 Å². The highest BCUT2D eigenvalue weighted by Gasteiger charge is 2.24. The monoisotopic (exact) mass is 312 g/mol. The summed E-state index contributed by atoms with van der Waals surface area (Å²) in [7, 11) is 0. The number of amides is 1. The molecule has 2 rings (SSSR count). The predicted octanol–water partition coefficient (Wildman–Crippen LogP) is 3.00. The molecule has 1 aromatic rings. The molecule has 1 aliphatic heterocycles. The first-order valence-electron chi connectivity index (χ1n) is 6.16. The fourth-order valence-electron chi connectivity index (χ4n) is 1.96. The van der Waals surface area contributed by atoms with Crippen molar-refractivity contribution in [2.75, 3.05) is 23.8 Å². The van der Waals surface area contributed by atoms with E-state index < -0.39 is 0 Å². The summed E-state index contributed by atoms with van der Waals surface area (Å²) >= 11 is 3.41. The Bertz CT molecular complexity index is 431. The Morgan fingerprint density at radius 3 is 3.00 bits per heavy atom. The van der Waals surface area contributed by atoms with Gasteiger partial charge in [0.25, 0.3) is 5.91 Å². The zero-order chi connectivity index (χ0) is 13.0. The summed E-state index contributed by atoms with van der Waals surface area (Å²) in [5.41, 5.74) is 1.71. The third-order valence-corrected chi connectivity index (χ3v) is 3.32. The molecular formula is C13H17BrN2O2. The number of hydrogen-bond donors (Lipinski definition) is 2. The van der Waals surface area contributed by atoms with Gasteiger partial charge in [0.2, 0.25) is 0 Å². The minimum absolute atomic E-state index is 0.0650. The van der Waals surface area contributed by atoms with Crippen LogP contribution >= 0.6 is 15.9 Å². The number of carbonyl (C=O) groups excluding carboxylic acids is 1. The lowest BCUT2D eigenvalue weighted by molar-refractivity contribution is -0.124. The molecule has 1 saturated heterocycles. The van der Waals surface area contributed by atoms with Gasteiger partial charge in [0.1, 0.15) is 6.10 Å². The van der Waals surface area contributed by atoms with Gasteiger partial charge in [0.15, 0.2) is 0 Å². The fraction of sp³-hybridized carbons (Fsp3) is 0.462. The van der Waals surface area contributed by atoms with Gasteiger partial charge in [-0.3, -0.25) is 4.79 Å². The van der Waals surface area contributed by atoms with Crippen molar-refractivity contribution in [3.8, 4) is 0 Å². The van der Waals surface area contributed by atoms with Crippen LogP contribution in [0.3, 0.4) is 0 Å². The molecular weight excluding hydrogens is 296 g/mol. The second-order valence-corrected chi connectivity index (χ2v) is 5.13. The van der Waals surface area contributed by atoms with E-state index in [0.717, 1.165) is 35.2 Å². The van der Waals surface area contributed by atoms with Crippen molar-refractivity contribution in [3.05, 3.63) is 22.7 Å². The number of halogens is 1. The van der Waals surface area contributed by atoms with Gasteiger partial charge in [-0.2, -0.15) is 0 Å². The van der Waals surface area contributed by atoms with Crippen molar-refractivity contribution in [1.82, 2.24) is 0 Å². The Kier molecular flexibility index (Phi) is 4.60. The molecule has 1 aliphatic rings. The summed E-state index contributed by atoms with van der Waals surface area (Å²) in [6, 6.07) is 5.78. The van der Waals surface area contributed by atoms with Crippen LogP contribution in [0.15, 0.2) is 22.7 Å². The first kappa shape index (κ1) is 13.4. The van der Waals surface area contributed by atoms with Crippen LogP contribution in [0, 0.1) is 0 Å². The summed E-state index contributed by atoms with van der Waals surface area (Å²) in [5, 5.41) is 6.14. The molecule has 0 spiro atoms.